The Hall–Kier alpha value is 0.250. The second kappa shape index (κ2) is 1.39. The number of hydrogen-bond donors (Lipinski definition) is 1. The van der Waals surface area contributed by atoms with Crippen LogP contribution in [0.1, 0.15) is 6.42 Å². The van der Waals surface area contributed by atoms with E-state index in [2.05, 4.69) is 0 Å². The van der Waals surface area contributed by atoms with Gasteiger partial charge in [-0.1, -0.05) is 0 Å². The van der Waals surface area contributed by atoms with Crippen LogP contribution >= 0.6 is 11.6 Å². The maximum atomic E-state index is 8.29. The van der Waals surface area contributed by atoms with Gasteiger partial charge in [-0.2, -0.15) is 0 Å². The van der Waals surface area contributed by atoms with E-state index >= 15 is 0 Å². The third kappa shape index (κ3) is 0.660. The Morgan fingerprint density at radius 2 is 2.33 bits per heavy atom. The summed E-state index contributed by atoms with van der Waals surface area (Å²) < 4.78 is 0. The van der Waals surface area contributed by atoms with Crippen LogP contribution in [0.25, 0.3) is 0 Å². The molecule has 0 unspecified atom stereocenters. The quantitative estimate of drug-likeness (QED) is 0.486. The molecule has 36 valence electrons. The van der Waals surface area contributed by atoms with E-state index < -0.39 is 0 Å². The van der Waals surface area contributed by atoms with Crippen molar-refractivity contribution >= 4 is 11.6 Å². The number of aliphatic hydroxyl groups is 1. The van der Waals surface area contributed by atoms with Crippen molar-refractivity contribution in [1.82, 2.24) is 0 Å². The maximum Gasteiger partial charge on any atom is 0.0473 e. The third-order valence-electron chi connectivity index (χ3n) is 1.07. The number of alkyl halides is 1. The molecule has 2 heteroatoms. The van der Waals surface area contributed by atoms with Crippen LogP contribution in [0.4, 0.5) is 0 Å². The van der Waals surface area contributed by atoms with Gasteiger partial charge in [-0.05, 0) is 12.3 Å². The van der Waals surface area contributed by atoms with Crippen molar-refractivity contribution in [3.8, 4) is 0 Å². The third-order valence-corrected chi connectivity index (χ3v) is 1.61. The lowest BCUT2D eigenvalue weighted by atomic mass is 10.5. The van der Waals surface area contributed by atoms with Crippen LogP contribution in [0, 0.1) is 5.92 Å². The van der Waals surface area contributed by atoms with Gasteiger partial charge in [-0.15, -0.1) is 11.6 Å². The van der Waals surface area contributed by atoms with Crippen LogP contribution in [-0.2, 0) is 0 Å². The lowest BCUT2D eigenvalue weighted by Crippen LogP contribution is -1.84. The van der Waals surface area contributed by atoms with Gasteiger partial charge in [0.15, 0.2) is 0 Å². The maximum absolute atomic E-state index is 8.29. The van der Waals surface area contributed by atoms with Crippen LogP contribution in [0.2, 0.25) is 0 Å². The van der Waals surface area contributed by atoms with Gasteiger partial charge in [0.2, 0.25) is 0 Å². The van der Waals surface area contributed by atoms with E-state index in [-0.39, 0.29) is 12.0 Å². The normalized spacial score (nSPS) is 43.0. The monoisotopic (exact) mass is 106 g/mol. The molecule has 1 aliphatic carbocycles. The van der Waals surface area contributed by atoms with Crippen LogP contribution in [0.3, 0.4) is 0 Å². The Morgan fingerprint density at radius 3 is 2.33 bits per heavy atom. The molecule has 1 fully saturated rings. The molecule has 1 nitrogen and oxygen atoms in total. The molecule has 0 saturated heterocycles. The van der Waals surface area contributed by atoms with E-state index in [1.54, 1.807) is 0 Å². The molecular weight excluding hydrogens is 99.5 g/mol. The number of rotatable bonds is 1. The topological polar surface area (TPSA) is 20.2 Å². The predicted octanol–water partition coefficient (Wildman–Crippen LogP) is 0.606. The molecule has 1 rings (SSSR count). The summed E-state index contributed by atoms with van der Waals surface area (Å²) in [6.07, 6.45) is 1.01. The molecule has 0 radical (unpaired) electrons. The summed E-state index contributed by atoms with van der Waals surface area (Å²) >= 11 is 5.49. The number of hydrogen-bond acceptors (Lipinski definition) is 1. The fourth-order valence-electron chi connectivity index (χ4n) is 0.400. The highest BCUT2D eigenvalue weighted by atomic mass is 35.5. The minimum atomic E-state index is 0.272. The van der Waals surface area contributed by atoms with Crippen molar-refractivity contribution in [1.29, 1.82) is 0 Å². The average molecular weight is 107 g/mol. The molecule has 2 atom stereocenters. The summed E-state index contributed by atoms with van der Waals surface area (Å²) in [4.78, 5) is 0. The first-order valence-electron chi connectivity index (χ1n) is 2.09. The van der Waals surface area contributed by atoms with Crippen molar-refractivity contribution in [2.75, 3.05) is 6.61 Å². The Bertz CT molecular complexity index is 53.5. The Morgan fingerprint density at radius 1 is 1.83 bits per heavy atom. The summed E-state index contributed by atoms with van der Waals surface area (Å²) in [7, 11) is 0. The molecule has 0 bridgehead atoms. The van der Waals surface area contributed by atoms with E-state index in [0.717, 1.165) is 6.42 Å². The molecule has 0 aromatic heterocycles. The number of halogens is 1. The van der Waals surface area contributed by atoms with Gasteiger partial charge >= 0.3 is 0 Å². The first kappa shape index (κ1) is 4.41. The standard InChI is InChI=1S/C4H7ClO/c5-4-1-3(4)2-6/h3-4,6H,1-2H2/t3-,4-/m0/s1. The molecule has 0 aromatic rings. The molecule has 1 aliphatic rings. The summed E-state index contributed by atoms with van der Waals surface area (Å²) in [5.41, 5.74) is 0. The highest BCUT2D eigenvalue weighted by Gasteiger charge is 2.33. The molecule has 0 aliphatic heterocycles. The van der Waals surface area contributed by atoms with Gasteiger partial charge in [0.25, 0.3) is 0 Å². The first-order chi connectivity index (χ1) is 2.84. The molecule has 6 heavy (non-hydrogen) atoms. The lowest BCUT2D eigenvalue weighted by Gasteiger charge is -1.77. The SMILES string of the molecule is OC[C@@H]1C[C@@H]1Cl. The molecule has 1 N–H and O–H groups in total. The van der Waals surface area contributed by atoms with Crippen molar-refractivity contribution in [2.24, 2.45) is 5.92 Å². The highest BCUT2D eigenvalue weighted by Crippen LogP contribution is 2.34. The Kier molecular flexibility index (Phi) is 1.02. The smallest absolute Gasteiger partial charge is 0.0473 e. The van der Waals surface area contributed by atoms with E-state index in [0.29, 0.717) is 5.92 Å². The molecule has 0 heterocycles. The lowest BCUT2D eigenvalue weighted by molar-refractivity contribution is 0.277. The van der Waals surface area contributed by atoms with Crippen LogP contribution < -0.4 is 0 Å². The van der Waals surface area contributed by atoms with E-state index in [4.69, 9.17) is 16.7 Å². The molecule has 1 saturated carbocycles. The second-order valence-corrected chi connectivity index (χ2v) is 2.25. The second-order valence-electron chi connectivity index (χ2n) is 1.69. The summed E-state index contributed by atoms with van der Waals surface area (Å²) in [5.74, 6) is 0.423. The van der Waals surface area contributed by atoms with Gasteiger partial charge in [-0.25, -0.2) is 0 Å². The van der Waals surface area contributed by atoms with Gasteiger partial charge < -0.3 is 5.11 Å². The molecular formula is C4H7ClO. The summed E-state index contributed by atoms with van der Waals surface area (Å²) in [6, 6.07) is 0. The van der Waals surface area contributed by atoms with Crippen molar-refractivity contribution in [3.63, 3.8) is 0 Å². The molecule has 0 aromatic carbocycles. The molecule has 0 amide bonds. The summed E-state index contributed by atoms with van der Waals surface area (Å²) in [5, 5.41) is 8.58. The zero-order valence-electron chi connectivity index (χ0n) is 3.39. The largest absolute Gasteiger partial charge is 0.396 e. The van der Waals surface area contributed by atoms with E-state index in [9.17, 15) is 0 Å². The van der Waals surface area contributed by atoms with Gasteiger partial charge in [-0.3, -0.25) is 0 Å². The zero-order chi connectivity index (χ0) is 4.57. The van der Waals surface area contributed by atoms with Crippen LogP contribution in [0.5, 0.6) is 0 Å². The first-order valence-corrected chi connectivity index (χ1v) is 2.53. The van der Waals surface area contributed by atoms with Crippen LogP contribution in [0.15, 0.2) is 0 Å². The van der Waals surface area contributed by atoms with Gasteiger partial charge in [0, 0.05) is 12.0 Å². The van der Waals surface area contributed by atoms with E-state index in [1.807, 2.05) is 0 Å². The van der Waals surface area contributed by atoms with Crippen molar-refractivity contribution in [2.45, 2.75) is 11.8 Å². The van der Waals surface area contributed by atoms with Crippen molar-refractivity contribution in [3.05, 3.63) is 0 Å². The van der Waals surface area contributed by atoms with Crippen molar-refractivity contribution < 1.29 is 5.11 Å². The summed E-state index contributed by atoms with van der Waals surface area (Å²) in [6.45, 7) is 0.272. The predicted molar refractivity (Wildman–Crippen MR) is 24.8 cm³/mol. The van der Waals surface area contributed by atoms with E-state index in [1.165, 1.54) is 0 Å². The number of aliphatic hydroxyl groups excluding tert-OH is 1. The van der Waals surface area contributed by atoms with Gasteiger partial charge in [0.1, 0.15) is 0 Å². The minimum absolute atomic E-state index is 0.272. The highest BCUT2D eigenvalue weighted by molar-refractivity contribution is 6.22. The van der Waals surface area contributed by atoms with Gasteiger partial charge in [0.05, 0.1) is 0 Å². The minimum Gasteiger partial charge on any atom is -0.396 e. The van der Waals surface area contributed by atoms with Crippen LogP contribution in [-0.4, -0.2) is 17.1 Å². The fraction of sp³-hybridized carbons (Fsp3) is 1.00. The Labute approximate surface area is 41.9 Å². The Balaban J connectivity index is 2.09. The fourth-order valence-corrected chi connectivity index (χ4v) is 0.708. The molecule has 0 spiro atoms. The average Bonchev–Trinajstić information content (AvgIpc) is 2.19. The zero-order valence-corrected chi connectivity index (χ0v) is 4.15.